The third kappa shape index (κ3) is 2.19. The first-order valence-electron chi connectivity index (χ1n) is 5.57. The number of carbonyl (C=O) groups is 1. The van der Waals surface area contributed by atoms with Crippen molar-refractivity contribution in [2.24, 2.45) is 0 Å². The molecule has 0 spiro atoms. The van der Waals surface area contributed by atoms with Gasteiger partial charge in [0.2, 0.25) is 0 Å². The van der Waals surface area contributed by atoms with Crippen molar-refractivity contribution >= 4 is 23.1 Å². The number of hydrogen-bond acceptors (Lipinski definition) is 3. The Morgan fingerprint density at radius 1 is 1.56 bits per heavy atom. The van der Waals surface area contributed by atoms with Gasteiger partial charge in [-0.3, -0.25) is 9.78 Å². The number of aromatic nitrogens is 1. The average molecular weight is 239 g/mol. The molecule has 0 bridgehead atoms. The van der Waals surface area contributed by atoms with Crippen molar-refractivity contribution in [1.29, 1.82) is 0 Å². The van der Waals surface area contributed by atoms with Crippen LogP contribution in [0.2, 0.25) is 5.02 Å². The first-order valence-corrected chi connectivity index (χ1v) is 5.94. The topological polar surface area (TPSA) is 33.2 Å². The Hall–Kier alpha value is -1.09. The molecule has 1 atom stereocenters. The van der Waals surface area contributed by atoms with E-state index in [4.69, 9.17) is 11.6 Å². The second-order valence-electron chi connectivity index (χ2n) is 4.14. The van der Waals surface area contributed by atoms with Crippen LogP contribution < -0.4 is 4.90 Å². The number of carbonyl (C=O) groups excluding carboxylic acids is 1. The normalized spacial score (nSPS) is 20.9. The monoisotopic (exact) mass is 238 g/mol. The summed E-state index contributed by atoms with van der Waals surface area (Å²) in [6.45, 7) is 2.55. The predicted octanol–water partition coefficient (Wildman–Crippen LogP) is 2.68. The van der Waals surface area contributed by atoms with E-state index in [1.54, 1.807) is 19.3 Å². The minimum absolute atomic E-state index is 0.0198. The van der Waals surface area contributed by atoms with Crippen LogP contribution in [0.25, 0.3) is 0 Å². The number of ketones is 1. The number of hydrogen-bond donors (Lipinski definition) is 0. The summed E-state index contributed by atoms with van der Waals surface area (Å²) < 4.78 is 0. The van der Waals surface area contributed by atoms with Crippen molar-refractivity contribution in [2.45, 2.75) is 32.2 Å². The van der Waals surface area contributed by atoms with E-state index in [0.29, 0.717) is 5.02 Å². The maximum atomic E-state index is 11.6. The van der Waals surface area contributed by atoms with Crippen molar-refractivity contribution in [3.8, 4) is 0 Å². The van der Waals surface area contributed by atoms with Gasteiger partial charge in [-0.05, 0) is 32.3 Å². The van der Waals surface area contributed by atoms with Crippen molar-refractivity contribution in [3.05, 3.63) is 23.5 Å². The number of nitrogens with zero attached hydrogens (tertiary/aromatic N) is 2. The third-order valence-electron chi connectivity index (χ3n) is 3.03. The Labute approximate surface area is 100 Å². The molecule has 0 saturated carbocycles. The summed E-state index contributed by atoms with van der Waals surface area (Å²) in [7, 11) is 0. The fourth-order valence-electron chi connectivity index (χ4n) is 2.24. The molecule has 16 heavy (non-hydrogen) atoms. The molecule has 0 amide bonds. The first kappa shape index (κ1) is 11.4. The predicted molar refractivity (Wildman–Crippen MR) is 64.9 cm³/mol. The van der Waals surface area contributed by atoms with Gasteiger partial charge < -0.3 is 4.90 Å². The molecule has 0 N–H and O–H groups in total. The highest BCUT2D eigenvalue weighted by Crippen LogP contribution is 2.30. The summed E-state index contributed by atoms with van der Waals surface area (Å²) in [5.74, 6) is 0.215. The van der Waals surface area contributed by atoms with Gasteiger partial charge in [0.05, 0.1) is 16.8 Å². The van der Waals surface area contributed by atoms with Gasteiger partial charge in [-0.25, -0.2) is 0 Å². The molecule has 4 heteroatoms. The van der Waals surface area contributed by atoms with Crippen molar-refractivity contribution < 1.29 is 4.79 Å². The van der Waals surface area contributed by atoms with Gasteiger partial charge in [0.15, 0.2) is 5.78 Å². The molecular weight excluding hydrogens is 224 g/mol. The van der Waals surface area contributed by atoms with E-state index < -0.39 is 0 Å². The van der Waals surface area contributed by atoms with Crippen LogP contribution in [0.3, 0.4) is 0 Å². The Morgan fingerprint density at radius 3 is 3.06 bits per heavy atom. The highest BCUT2D eigenvalue weighted by molar-refractivity contribution is 6.33. The quantitative estimate of drug-likeness (QED) is 0.794. The summed E-state index contributed by atoms with van der Waals surface area (Å²) >= 11 is 6.11. The number of pyridine rings is 1. The van der Waals surface area contributed by atoms with E-state index in [1.165, 1.54) is 0 Å². The van der Waals surface area contributed by atoms with Gasteiger partial charge in [0.25, 0.3) is 0 Å². The van der Waals surface area contributed by atoms with Crippen molar-refractivity contribution in [3.63, 3.8) is 0 Å². The Balaban J connectivity index is 2.30. The average Bonchev–Trinajstić information content (AvgIpc) is 2.29. The third-order valence-corrected chi connectivity index (χ3v) is 3.32. The summed E-state index contributed by atoms with van der Waals surface area (Å²) in [5.41, 5.74) is 0.927. The number of halogens is 1. The SMILES string of the molecule is CC(=O)C1CCCCN1c1ccncc1Cl. The zero-order chi connectivity index (χ0) is 11.5. The molecule has 1 aromatic rings. The van der Waals surface area contributed by atoms with Gasteiger partial charge >= 0.3 is 0 Å². The van der Waals surface area contributed by atoms with Crippen molar-refractivity contribution in [2.75, 3.05) is 11.4 Å². The molecule has 0 radical (unpaired) electrons. The number of rotatable bonds is 2. The first-order chi connectivity index (χ1) is 7.70. The van der Waals surface area contributed by atoms with E-state index in [0.717, 1.165) is 31.5 Å². The molecule has 0 aliphatic carbocycles. The van der Waals surface area contributed by atoms with Gasteiger partial charge in [0.1, 0.15) is 0 Å². The smallest absolute Gasteiger partial charge is 0.152 e. The van der Waals surface area contributed by atoms with Crippen LogP contribution in [-0.2, 0) is 4.79 Å². The lowest BCUT2D eigenvalue weighted by Crippen LogP contribution is -2.44. The highest BCUT2D eigenvalue weighted by Gasteiger charge is 2.27. The molecule has 1 unspecified atom stereocenters. The van der Waals surface area contributed by atoms with Gasteiger partial charge in [-0.1, -0.05) is 11.6 Å². The van der Waals surface area contributed by atoms with Crippen molar-refractivity contribution in [1.82, 2.24) is 4.98 Å². The summed E-state index contributed by atoms with van der Waals surface area (Å²) in [4.78, 5) is 17.7. The summed E-state index contributed by atoms with van der Waals surface area (Å²) in [6.07, 6.45) is 6.50. The molecule has 1 fully saturated rings. The van der Waals surface area contributed by atoms with E-state index >= 15 is 0 Å². The second kappa shape index (κ2) is 4.83. The van der Waals surface area contributed by atoms with Crippen LogP contribution >= 0.6 is 11.6 Å². The van der Waals surface area contributed by atoms with Crippen LogP contribution in [-0.4, -0.2) is 23.4 Å². The second-order valence-corrected chi connectivity index (χ2v) is 4.55. The van der Waals surface area contributed by atoms with Gasteiger partial charge in [0, 0.05) is 18.9 Å². The zero-order valence-electron chi connectivity index (χ0n) is 9.32. The largest absolute Gasteiger partial charge is 0.360 e. The lowest BCUT2D eigenvalue weighted by Gasteiger charge is -2.36. The fourth-order valence-corrected chi connectivity index (χ4v) is 2.47. The van der Waals surface area contributed by atoms with Crippen LogP contribution in [0, 0.1) is 0 Å². The van der Waals surface area contributed by atoms with E-state index in [-0.39, 0.29) is 11.8 Å². The number of piperidine rings is 1. The molecule has 1 aliphatic heterocycles. The van der Waals surface area contributed by atoms with E-state index in [1.807, 2.05) is 6.07 Å². The van der Waals surface area contributed by atoms with Gasteiger partial charge in [-0.2, -0.15) is 0 Å². The van der Waals surface area contributed by atoms with Crippen LogP contribution in [0.15, 0.2) is 18.5 Å². The maximum absolute atomic E-state index is 11.6. The molecule has 86 valence electrons. The highest BCUT2D eigenvalue weighted by atomic mass is 35.5. The van der Waals surface area contributed by atoms with E-state index in [9.17, 15) is 4.79 Å². The Bertz CT molecular complexity index is 394. The Morgan fingerprint density at radius 2 is 2.38 bits per heavy atom. The minimum Gasteiger partial charge on any atom is -0.360 e. The minimum atomic E-state index is -0.0198. The number of Topliss-reactive ketones (excluding diaryl/α,β-unsaturated/α-hetero) is 1. The van der Waals surface area contributed by atoms with Crippen LogP contribution in [0.1, 0.15) is 26.2 Å². The molecular formula is C12H15ClN2O. The molecule has 2 heterocycles. The summed E-state index contributed by atoms with van der Waals surface area (Å²) in [5, 5.41) is 0.621. The van der Waals surface area contributed by atoms with Gasteiger partial charge in [-0.15, -0.1) is 0 Å². The molecule has 1 aliphatic rings. The molecule has 1 saturated heterocycles. The molecule has 3 nitrogen and oxygen atoms in total. The van der Waals surface area contributed by atoms with Crippen LogP contribution in [0.5, 0.6) is 0 Å². The zero-order valence-corrected chi connectivity index (χ0v) is 10.1. The summed E-state index contributed by atoms with van der Waals surface area (Å²) in [6, 6.07) is 1.86. The lowest BCUT2D eigenvalue weighted by atomic mass is 9.98. The molecule has 1 aromatic heterocycles. The fraction of sp³-hybridized carbons (Fsp3) is 0.500. The number of anilines is 1. The molecule has 2 rings (SSSR count). The molecule has 0 aromatic carbocycles. The Kier molecular flexibility index (Phi) is 3.44. The standard InChI is InChI=1S/C12H15ClN2O/c1-9(16)11-4-2-3-7-15(11)12-5-6-14-8-10(12)13/h5-6,8,11H,2-4,7H2,1H3. The van der Waals surface area contributed by atoms with Crippen LogP contribution in [0.4, 0.5) is 5.69 Å². The maximum Gasteiger partial charge on any atom is 0.152 e. The van der Waals surface area contributed by atoms with E-state index in [2.05, 4.69) is 9.88 Å². The lowest BCUT2D eigenvalue weighted by molar-refractivity contribution is -0.118.